The Morgan fingerprint density at radius 3 is 2.26 bits per heavy atom. The van der Waals surface area contributed by atoms with E-state index in [1.54, 1.807) is 0 Å². The van der Waals surface area contributed by atoms with Crippen molar-refractivity contribution in [3.63, 3.8) is 0 Å². The first-order valence-corrected chi connectivity index (χ1v) is 8.05. The molecule has 0 saturated heterocycles. The van der Waals surface area contributed by atoms with E-state index in [1.807, 2.05) is 18.2 Å². The minimum Gasteiger partial charge on any atom is -0.486 e. The lowest BCUT2D eigenvalue weighted by atomic mass is 9.91. The highest BCUT2D eigenvalue weighted by Crippen LogP contribution is 2.34. The number of nitriles is 1. The minimum absolute atomic E-state index is 0.185. The van der Waals surface area contributed by atoms with Gasteiger partial charge in [0, 0.05) is 0 Å². The van der Waals surface area contributed by atoms with E-state index in [4.69, 9.17) is 9.47 Å². The highest BCUT2D eigenvalue weighted by molar-refractivity contribution is 5.46. The van der Waals surface area contributed by atoms with Crippen molar-refractivity contribution in [3.05, 3.63) is 59.2 Å². The van der Waals surface area contributed by atoms with Crippen LogP contribution in [0.2, 0.25) is 0 Å². The number of nitrogens with zero attached hydrogens (tertiary/aromatic N) is 1. The van der Waals surface area contributed by atoms with Gasteiger partial charge in [-0.2, -0.15) is 5.26 Å². The SMILES string of the molecule is CC(C)c1ccc(CC(C#N)c2ccc3c(c2)OCCO3)cc1. The maximum atomic E-state index is 9.57. The zero-order chi connectivity index (χ0) is 16.2. The van der Waals surface area contributed by atoms with Crippen LogP contribution in [0.25, 0.3) is 0 Å². The predicted octanol–water partition coefficient (Wildman–Crippen LogP) is 4.43. The van der Waals surface area contributed by atoms with Gasteiger partial charge in [0.25, 0.3) is 0 Å². The van der Waals surface area contributed by atoms with Gasteiger partial charge in [0.15, 0.2) is 11.5 Å². The van der Waals surface area contributed by atoms with Gasteiger partial charge >= 0.3 is 0 Å². The Morgan fingerprint density at radius 1 is 0.957 bits per heavy atom. The van der Waals surface area contributed by atoms with E-state index in [-0.39, 0.29) is 5.92 Å². The lowest BCUT2D eigenvalue weighted by Crippen LogP contribution is -2.15. The van der Waals surface area contributed by atoms with E-state index >= 15 is 0 Å². The Hall–Kier alpha value is -2.47. The molecule has 0 bridgehead atoms. The minimum atomic E-state index is -0.185. The zero-order valence-electron chi connectivity index (χ0n) is 13.6. The topological polar surface area (TPSA) is 42.2 Å². The van der Waals surface area contributed by atoms with Crippen LogP contribution in [0.1, 0.15) is 42.4 Å². The highest BCUT2D eigenvalue weighted by Gasteiger charge is 2.17. The third-order valence-electron chi connectivity index (χ3n) is 4.21. The summed E-state index contributed by atoms with van der Waals surface area (Å²) < 4.78 is 11.2. The number of rotatable bonds is 4. The highest BCUT2D eigenvalue weighted by atomic mass is 16.6. The van der Waals surface area contributed by atoms with Crippen molar-refractivity contribution in [2.45, 2.75) is 32.1 Å². The Bertz CT molecular complexity index is 713. The molecule has 0 amide bonds. The van der Waals surface area contributed by atoms with Crippen LogP contribution < -0.4 is 9.47 Å². The first-order valence-electron chi connectivity index (χ1n) is 8.05. The van der Waals surface area contributed by atoms with Crippen molar-refractivity contribution in [2.24, 2.45) is 0 Å². The van der Waals surface area contributed by atoms with Crippen LogP contribution in [0, 0.1) is 11.3 Å². The fraction of sp³-hybridized carbons (Fsp3) is 0.350. The molecule has 3 heteroatoms. The summed E-state index contributed by atoms with van der Waals surface area (Å²) in [6.45, 7) is 5.51. The lowest BCUT2D eigenvalue weighted by molar-refractivity contribution is 0.171. The zero-order valence-corrected chi connectivity index (χ0v) is 13.6. The first kappa shape index (κ1) is 15.4. The first-order chi connectivity index (χ1) is 11.2. The molecule has 1 aliphatic heterocycles. The summed E-state index contributed by atoms with van der Waals surface area (Å²) in [6.07, 6.45) is 0.703. The summed E-state index contributed by atoms with van der Waals surface area (Å²) >= 11 is 0. The van der Waals surface area contributed by atoms with Gasteiger partial charge in [0.2, 0.25) is 0 Å². The van der Waals surface area contributed by atoms with Crippen LogP contribution in [-0.2, 0) is 6.42 Å². The molecule has 118 valence electrons. The van der Waals surface area contributed by atoms with Crippen molar-refractivity contribution in [2.75, 3.05) is 13.2 Å². The lowest BCUT2D eigenvalue weighted by Gasteiger charge is -2.20. The fourth-order valence-electron chi connectivity index (χ4n) is 2.79. The van der Waals surface area contributed by atoms with Crippen molar-refractivity contribution in [1.82, 2.24) is 0 Å². The average Bonchev–Trinajstić information content (AvgIpc) is 2.59. The smallest absolute Gasteiger partial charge is 0.161 e. The predicted molar refractivity (Wildman–Crippen MR) is 90.0 cm³/mol. The number of benzene rings is 2. The van der Waals surface area contributed by atoms with Gasteiger partial charge in [0.05, 0.1) is 12.0 Å². The third kappa shape index (κ3) is 3.48. The van der Waals surface area contributed by atoms with Crippen molar-refractivity contribution < 1.29 is 9.47 Å². The molecule has 0 N–H and O–H groups in total. The summed E-state index contributed by atoms with van der Waals surface area (Å²) in [4.78, 5) is 0. The molecule has 0 aliphatic carbocycles. The quantitative estimate of drug-likeness (QED) is 0.839. The van der Waals surface area contributed by atoms with E-state index in [0.29, 0.717) is 25.6 Å². The van der Waals surface area contributed by atoms with E-state index < -0.39 is 0 Å². The summed E-state index contributed by atoms with van der Waals surface area (Å²) in [6, 6.07) is 16.8. The average molecular weight is 307 g/mol. The molecule has 1 atom stereocenters. The second-order valence-electron chi connectivity index (χ2n) is 6.19. The Kier molecular flexibility index (Phi) is 4.52. The normalized spacial score (nSPS) is 14.3. The molecule has 1 heterocycles. The monoisotopic (exact) mass is 307 g/mol. The van der Waals surface area contributed by atoms with Gasteiger partial charge in [-0.1, -0.05) is 44.2 Å². The largest absolute Gasteiger partial charge is 0.486 e. The molecule has 2 aromatic rings. The number of hydrogen-bond donors (Lipinski definition) is 0. The van der Waals surface area contributed by atoms with E-state index in [9.17, 15) is 5.26 Å². The summed E-state index contributed by atoms with van der Waals surface area (Å²) in [5.41, 5.74) is 3.47. The second kappa shape index (κ2) is 6.75. The molecular formula is C20H21NO2. The maximum absolute atomic E-state index is 9.57. The van der Waals surface area contributed by atoms with Gasteiger partial charge in [-0.15, -0.1) is 0 Å². The molecule has 0 aromatic heterocycles. The molecule has 3 nitrogen and oxygen atoms in total. The van der Waals surface area contributed by atoms with Gasteiger partial charge in [0.1, 0.15) is 13.2 Å². The molecule has 1 unspecified atom stereocenters. The third-order valence-corrected chi connectivity index (χ3v) is 4.21. The Balaban J connectivity index is 1.79. The Morgan fingerprint density at radius 2 is 1.61 bits per heavy atom. The molecule has 1 aliphatic rings. The Labute approximate surface area is 137 Å². The van der Waals surface area contributed by atoms with Crippen LogP contribution >= 0.6 is 0 Å². The van der Waals surface area contributed by atoms with Crippen molar-refractivity contribution >= 4 is 0 Å². The summed E-state index contributed by atoms with van der Waals surface area (Å²) in [7, 11) is 0. The van der Waals surface area contributed by atoms with Crippen LogP contribution in [-0.4, -0.2) is 13.2 Å². The van der Waals surface area contributed by atoms with Crippen LogP contribution in [0.3, 0.4) is 0 Å². The molecule has 0 spiro atoms. The number of hydrogen-bond acceptors (Lipinski definition) is 3. The van der Waals surface area contributed by atoms with E-state index in [2.05, 4.69) is 44.2 Å². The summed E-state index contributed by atoms with van der Waals surface area (Å²) in [5, 5.41) is 9.57. The van der Waals surface area contributed by atoms with Crippen molar-refractivity contribution in [3.8, 4) is 17.6 Å². The van der Waals surface area contributed by atoms with Crippen LogP contribution in [0.15, 0.2) is 42.5 Å². The maximum Gasteiger partial charge on any atom is 0.161 e. The fourth-order valence-corrected chi connectivity index (χ4v) is 2.79. The van der Waals surface area contributed by atoms with Gasteiger partial charge in [-0.3, -0.25) is 0 Å². The second-order valence-corrected chi connectivity index (χ2v) is 6.19. The molecule has 0 saturated carbocycles. The van der Waals surface area contributed by atoms with E-state index in [1.165, 1.54) is 11.1 Å². The molecule has 2 aromatic carbocycles. The molecular weight excluding hydrogens is 286 g/mol. The standard InChI is InChI=1S/C20H21NO2/c1-14(2)16-5-3-15(4-6-16)11-18(13-21)17-7-8-19-20(12-17)23-10-9-22-19/h3-8,12,14,18H,9-11H2,1-2H3. The van der Waals surface area contributed by atoms with E-state index in [0.717, 1.165) is 17.1 Å². The summed E-state index contributed by atoms with van der Waals surface area (Å²) in [5.74, 6) is 1.84. The van der Waals surface area contributed by atoms with Gasteiger partial charge < -0.3 is 9.47 Å². The van der Waals surface area contributed by atoms with Crippen molar-refractivity contribution in [1.29, 1.82) is 5.26 Å². The van der Waals surface area contributed by atoms with Crippen LogP contribution in [0.4, 0.5) is 0 Å². The number of ether oxygens (including phenoxy) is 2. The van der Waals surface area contributed by atoms with Gasteiger partial charge in [-0.25, -0.2) is 0 Å². The molecule has 3 rings (SSSR count). The molecule has 23 heavy (non-hydrogen) atoms. The molecule has 0 radical (unpaired) electrons. The molecule has 0 fully saturated rings. The van der Waals surface area contributed by atoms with Crippen LogP contribution in [0.5, 0.6) is 11.5 Å². The number of fused-ring (bicyclic) bond motifs is 1. The van der Waals surface area contributed by atoms with Gasteiger partial charge in [-0.05, 0) is 41.2 Å².